The van der Waals surface area contributed by atoms with Crippen LogP contribution in [-0.4, -0.2) is 52.3 Å². The van der Waals surface area contributed by atoms with Crippen molar-refractivity contribution in [1.29, 1.82) is 0 Å². The van der Waals surface area contributed by atoms with Crippen molar-refractivity contribution in [3.8, 4) is 0 Å². The van der Waals surface area contributed by atoms with Gasteiger partial charge in [0.1, 0.15) is 5.54 Å². The summed E-state index contributed by atoms with van der Waals surface area (Å²) < 4.78 is 0. The van der Waals surface area contributed by atoms with Gasteiger partial charge in [0, 0.05) is 19.7 Å². The molecule has 0 radical (unpaired) electrons. The van der Waals surface area contributed by atoms with Crippen molar-refractivity contribution in [1.82, 2.24) is 10.2 Å². The lowest BCUT2D eigenvalue weighted by Crippen LogP contribution is -2.58. The van der Waals surface area contributed by atoms with Crippen molar-refractivity contribution < 1.29 is 19.8 Å². The first kappa shape index (κ1) is 16.1. The maximum absolute atomic E-state index is 12.4. The van der Waals surface area contributed by atoms with Crippen molar-refractivity contribution in [2.75, 3.05) is 19.7 Å². The largest absolute Gasteiger partial charge is 0.480 e. The Bertz CT molecular complexity index is 370. The molecule has 1 aliphatic heterocycles. The van der Waals surface area contributed by atoms with Gasteiger partial charge in [0.2, 0.25) is 0 Å². The fourth-order valence-electron chi connectivity index (χ4n) is 3.33. The lowest BCUT2D eigenvalue weighted by atomic mass is 9.90. The number of nitrogens with zero attached hydrogens (tertiary/aromatic N) is 1. The van der Waals surface area contributed by atoms with Crippen molar-refractivity contribution >= 4 is 12.0 Å². The number of carboxylic acids is 1. The Morgan fingerprint density at radius 1 is 1.10 bits per heavy atom. The maximum Gasteiger partial charge on any atom is 0.329 e. The molecule has 120 valence electrons. The van der Waals surface area contributed by atoms with Crippen molar-refractivity contribution in [3.63, 3.8) is 0 Å². The Kier molecular flexibility index (Phi) is 5.45. The van der Waals surface area contributed by atoms with Crippen LogP contribution in [0.5, 0.6) is 0 Å². The molecule has 0 bridgehead atoms. The molecule has 0 atom stereocenters. The van der Waals surface area contributed by atoms with Crippen LogP contribution in [-0.2, 0) is 4.79 Å². The Balaban J connectivity index is 1.97. The molecule has 1 saturated heterocycles. The van der Waals surface area contributed by atoms with E-state index in [2.05, 4.69) is 5.32 Å². The number of likely N-dealkylation sites (tertiary alicyclic amines) is 1. The fourth-order valence-corrected chi connectivity index (χ4v) is 3.33. The van der Waals surface area contributed by atoms with Gasteiger partial charge in [-0.05, 0) is 31.6 Å². The van der Waals surface area contributed by atoms with Crippen molar-refractivity contribution in [2.24, 2.45) is 5.92 Å². The maximum atomic E-state index is 12.4. The monoisotopic (exact) mass is 298 g/mol. The molecular formula is C15H26N2O4. The third-order valence-corrected chi connectivity index (χ3v) is 4.87. The SMILES string of the molecule is O=C(NC1(C(=O)O)CCCCCC1)N1CCC(CO)CC1. The Hall–Kier alpha value is -1.30. The summed E-state index contributed by atoms with van der Waals surface area (Å²) >= 11 is 0. The highest BCUT2D eigenvalue weighted by atomic mass is 16.4. The van der Waals surface area contributed by atoms with Crippen LogP contribution in [0.3, 0.4) is 0 Å². The van der Waals surface area contributed by atoms with Crippen LogP contribution in [0, 0.1) is 5.92 Å². The number of carbonyl (C=O) groups excluding carboxylic acids is 1. The number of urea groups is 1. The van der Waals surface area contributed by atoms with Gasteiger partial charge in [-0.15, -0.1) is 0 Å². The van der Waals surface area contributed by atoms with E-state index in [0.29, 0.717) is 25.9 Å². The Morgan fingerprint density at radius 3 is 2.14 bits per heavy atom. The van der Waals surface area contributed by atoms with E-state index in [1.807, 2.05) is 0 Å². The number of hydrogen-bond donors (Lipinski definition) is 3. The highest BCUT2D eigenvalue weighted by Crippen LogP contribution is 2.28. The van der Waals surface area contributed by atoms with Gasteiger partial charge in [0.05, 0.1) is 0 Å². The molecule has 2 aliphatic rings. The quantitative estimate of drug-likeness (QED) is 0.690. The molecule has 6 nitrogen and oxygen atoms in total. The minimum absolute atomic E-state index is 0.161. The number of rotatable bonds is 3. The summed E-state index contributed by atoms with van der Waals surface area (Å²) in [6, 6.07) is -0.268. The van der Waals surface area contributed by atoms with E-state index < -0.39 is 11.5 Å². The normalized spacial score (nSPS) is 23.4. The molecule has 3 N–H and O–H groups in total. The summed E-state index contributed by atoms with van der Waals surface area (Å²) in [4.78, 5) is 25.7. The summed E-state index contributed by atoms with van der Waals surface area (Å²) in [6.07, 6.45) is 6.36. The number of amides is 2. The predicted molar refractivity (Wildman–Crippen MR) is 78.0 cm³/mol. The van der Waals surface area contributed by atoms with E-state index in [4.69, 9.17) is 5.11 Å². The van der Waals surface area contributed by atoms with Crippen molar-refractivity contribution in [3.05, 3.63) is 0 Å². The first-order chi connectivity index (χ1) is 10.1. The average molecular weight is 298 g/mol. The van der Waals surface area contributed by atoms with E-state index in [1.54, 1.807) is 4.90 Å². The number of aliphatic carboxylic acids is 1. The molecule has 1 heterocycles. The smallest absolute Gasteiger partial charge is 0.329 e. The molecule has 2 fully saturated rings. The number of aliphatic hydroxyl groups excluding tert-OH is 1. The van der Waals surface area contributed by atoms with Crippen LogP contribution < -0.4 is 5.32 Å². The number of piperidine rings is 1. The minimum Gasteiger partial charge on any atom is -0.480 e. The second kappa shape index (κ2) is 7.11. The molecule has 1 saturated carbocycles. The lowest BCUT2D eigenvalue weighted by molar-refractivity contribution is -0.145. The molecule has 1 aliphatic carbocycles. The minimum atomic E-state index is -1.10. The number of carboxylic acid groups (broad SMARTS) is 1. The molecule has 2 amide bonds. The highest BCUT2D eigenvalue weighted by molar-refractivity contribution is 5.86. The summed E-state index contributed by atoms with van der Waals surface area (Å²) in [5.41, 5.74) is -1.10. The van der Waals surface area contributed by atoms with Gasteiger partial charge in [-0.1, -0.05) is 25.7 Å². The van der Waals surface area contributed by atoms with Crippen LogP contribution in [0.25, 0.3) is 0 Å². The standard InChI is InChI=1S/C15H26N2O4/c18-11-12-5-9-17(10-6-12)14(21)16-15(13(19)20)7-3-1-2-4-8-15/h12,18H,1-11H2,(H,16,21)(H,19,20). The van der Waals surface area contributed by atoms with Gasteiger partial charge < -0.3 is 20.4 Å². The number of hydrogen-bond acceptors (Lipinski definition) is 3. The molecule has 0 aromatic heterocycles. The first-order valence-electron chi connectivity index (χ1n) is 7.99. The summed E-state index contributed by atoms with van der Waals surface area (Å²) in [6.45, 7) is 1.34. The van der Waals surface area contributed by atoms with E-state index in [1.165, 1.54) is 0 Å². The zero-order valence-corrected chi connectivity index (χ0v) is 12.5. The molecule has 0 spiro atoms. The van der Waals surface area contributed by atoms with Gasteiger partial charge in [-0.2, -0.15) is 0 Å². The summed E-state index contributed by atoms with van der Waals surface area (Å²) in [7, 11) is 0. The van der Waals surface area contributed by atoms with Gasteiger partial charge in [-0.25, -0.2) is 9.59 Å². The Labute approximate surface area is 125 Å². The summed E-state index contributed by atoms with van der Waals surface area (Å²) in [5, 5.41) is 21.5. The van der Waals surface area contributed by atoms with Gasteiger partial charge >= 0.3 is 12.0 Å². The molecule has 0 unspecified atom stereocenters. The van der Waals surface area contributed by atoms with Crippen LogP contribution in [0.1, 0.15) is 51.4 Å². The van der Waals surface area contributed by atoms with E-state index in [-0.39, 0.29) is 18.6 Å². The number of carbonyl (C=O) groups is 2. The number of nitrogens with one attached hydrogen (secondary N) is 1. The van der Waals surface area contributed by atoms with E-state index >= 15 is 0 Å². The van der Waals surface area contributed by atoms with Crippen molar-refractivity contribution in [2.45, 2.75) is 56.9 Å². The third-order valence-electron chi connectivity index (χ3n) is 4.87. The van der Waals surface area contributed by atoms with Crippen LogP contribution >= 0.6 is 0 Å². The third kappa shape index (κ3) is 3.87. The molecule has 21 heavy (non-hydrogen) atoms. The van der Waals surface area contributed by atoms with Gasteiger partial charge in [-0.3, -0.25) is 0 Å². The topological polar surface area (TPSA) is 89.9 Å². The van der Waals surface area contributed by atoms with E-state index in [0.717, 1.165) is 38.5 Å². The molecule has 6 heteroatoms. The lowest BCUT2D eigenvalue weighted by Gasteiger charge is -2.36. The van der Waals surface area contributed by atoms with Crippen LogP contribution in [0.2, 0.25) is 0 Å². The Morgan fingerprint density at radius 2 is 1.67 bits per heavy atom. The molecular weight excluding hydrogens is 272 g/mol. The fraction of sp³-hybridized carbons (Fsp3) is 0.867. The second-order valence-corrected chi connectivity index (χ2v) is 6.34. The van der Waals surface area contributed by atoms with E-state index in [9.17, 15) is 14.7 Å². The average Bonchev–Trinajstić information content (AvgIpc) is 2.74. The zero-order chi connectivity index (χ0) is 15.3. The first-order valence-corrected chi connectivity index (χ1v) is 7.99. The molecule has 2 rings (SSSR count). The van der Waals surface area contributed by atoms with Crippen LogP contribution in [0.15, 0.2) is 0 Å². The second-order valence-electron chi connectivity index (χ2n) is 6.34. The zero-order valence-electron chi connectivity index (χ0n) is 12.5. The number of aliphatic hydroxyl groups is 1. The highest BCUT2D eigenvalue weighted by Gasteiger charge is 2.41. The predicted octanol–water partition coefficient (Wildman–Crippen LogP) is 1.58. The molecule has 0 aromatic rings. The van der Waals surface area contributed by atoms with Gasteiger partial charge in [0.15, 0.2) is 0 Å². The molecule has 0 aromatic carbocycles. The van der Waals surface area contributed by atoms with Crippen LogP contribution in [0.4, 0.5) is 4.79 Å². The summed E-state index contributed by atoms with van der Waals surface area (Å²) in [5.74, 6) is -0.650. The van der Waals surface area contributed by atoms with Gasteiger partial charge in [0.25, 0.3) is 0 Å².